The molecule has 0 aliphatic carbocycles. The summed E-state index contributed by atoms with van der Waals surface area (Å²) in [7, 11) is 1.54. The number of rotatable bonds is 7. The number of hydrogen-bond donors (Lipinski definition) is 1. The Kier molecular flexibility index (Phi) is 7.20. The number of amides is 1. The first-order chi connectivity index (χ1) is 12.6. The van der Waals surface area contributed by atoms with E-state index in [2.05, 4.69) is 5.32 Å². The zero-order valence-electron chi connectivity index (χ0n) is 14.3. The third kappa shape index (κ3) is 6.84. The highest BCUT2D eigenvalue weighted by atomic mass is 32.2. The van der Waals surface area contributed by atoms with Crippen LogP contribution in [0.4, 0.5) is 27.6 Å². The number of alkyl halides is 5. The first-order valence-corrected chi connectivity index (χ1v) is 8.71. The topological polar surface area (TPSA) is 32.3 Å². The molecule has 0 saturated heterocycles. The molecule has 0 saturated carbocycles. The second-order valence-electron chi connectivity index (χ2n) is 5.78. The summed E-state index contributed by atoms with van der Waals surface area (Å²) in [4.78, 5) is 13.9. The molecule has 0 heterocycles. The lowest BCUT2D eigenvalue weighted by atomic mass is 10.1. The van der Waals surface area contributed by atoms with Gasteiger partial charge in [-0.1, -0.05) is 30.0 Å². The van der Waals surface area contributed by atoms with Crippen molar-refractivity contribution in [2.24, 2.45) is 0 Å². The molecule has 2 rings (SSSR count). The summed E-state index contributed by atoms with van der Waals surface area (Å²) >= 11 is 0.395. The zero-order chi connectivity index (χ0) is 20.0. The molecule has 9 heteroatoms. The highest BCUT2D eigenvalue weighted by molar-refractivity contribution is 7.99. The SMILES string of the molecule is CN(CC(=O)Nc1ccc(SC(F)F)cc1)Cc1ccccc1C(F)(F)F. The van der Waals surface area contributed by atoms with Gasteiger partial charge in [-0.2, -0.15) is 22.0 Å². The summed E-state index contributed by atoms with van der Waals surface area (Å²) in [5.41, 5.74) is -0.235. The van der Waals surface area contributed by atoms with Crippen LogP contribution < -0.4 is 5.32 Å². The third-order valence-electron chi connectivity index (χ3n) is 3.54. The van der Waals surface area contributed by atoms with Crippen LogP contribution in [0.3, 0.4) is 0 Å². The molecule has 0 fully saturated rings. The molecule has 0 aromatic heterocycles. The summed E-state index contributed by atoms with van der Waals surface area (Å²) in [6.07, 6.45) is -4.46. The van der Waals surface area contributed by atoms with E-state index in [1.54, 1.807) is 0 Å². The first kappa shape index (κ1) is 21.2. The fourth-order valence-corrected chi connectivity index (χ4v) is 2.95. The van der Waals surface area contributed by atoms with Gasteiger partial charge in [0.25, 0.3) is 5.76 Å². The molecule has 27 heavy (non-hydrogen) atoms. The Hall–Kier alpha value is -2.13. The van der Waals surface area contributed by atoms with Crippen LogP contribution in [0, 0.1) is 0 Å². The number of halogens is 5. The largest absolute Gasteiger partial charge is 0.416 e. The predicted octanol–water partition coefficient (Wildman–Crippen LogP) is 5.09. The van der Waals surface area contributed by atoms with Crippen LogP contribution in [-0.4, -0.2) is 30.2 Å². The molecule has 3 nitrogen and oxygen atoms in total. The van der Waals surface area contributed by atoms with E-state index in [4.69, 9.17) is 0 Å². The van der Waals surface area contributed by atoms with Gasteiger partial charge in [0, 0.05) is 17.1 Å². The van der Waals surface area contributed by atoms with Gasteiger partial charge in [0.15, 0.2) is 0 Å². The predicted molar refractivity (Wildman–Crippen MR) is 94.7 cm³/mol. The minimum atomic E-state index is -4.46. The van der Waals surface area contributed by atoms with Gasteiger partial charge in [0.2, 0.25) is 5.91 Å². The Morgan fingerprint density at radius 2 is 1.74 bits per heavy atom. The normalized spacial score (nSPS) is 11.9. The maximum absolute atomic E-state index is 13.0. The van der Waals surface area contributed by atoms with Crippen molar-refractivity contribution in [1.29, 1.82) is 0 Å². The van der Waals surface area contributed by atoms with Crippen molar-refractivity contribution < 1.29 is 26.7 Å². The maximum atomic E-state index is 13.0. The highest BCUT2D eigenvalue weighted by Gasteiger charge is 2.33. The number of anilines is 1. The van der Waals surface area contributed by atoms with Crippen molar-refractivity contribution in [2.75, 3.05) is 18.9 Å². The molecule has 1 amide bonds. The maximum Gasteiger partial charge on any atom is 0.416 e. The number of likely N-dealkylation sites (N-methyl/N-ethyl adjacent to an activating group) is 1. The fourth-order valence-electron chi connectivity index (χ4n) is 2.45. The second kappa shape index (κ2) is 9.18. The van der Waals surface area contributed by atoms with E-state index in [0.717, 1.165) is 6.07 Å². The number of hydrogen-bond acceptors (Lipinski definition) is 3. The van der Waals surface area contributed by atoms with E-state index in [9.17, 15) is 26.7 Å². The van der Waals surface area contributed by atoms with E-state index >= 15 is 0 Å². The first-order valence-electron chi connectivity index (χ1n) is 7.83. The molecule has 0 atom stereocenters. The highest BCUT2D eigenvalue weighted by Crippen LogP contribution is 2.32. The number of benzene rings is 2. The van der Waals surface area contributed by atoms with Crippen LogP contribution in [0.5, 0.6) is 0 Å². The lowest BCUT2D eigenvalue weighted by Crippen LogP contribution is -2.30. The third-order valence-corrected chi connectivity index (χ3v) is 4.26. The molecule has 0 bridgehead atoms. The number of nitrogens with one attached hydrogen (secondary N) is 1. The number of carbonyl (C=O) groups is 1. The minimum Gasteiger partial charge on any atom is -0.325 e. The molecule has 146 valence electrons. The summed E-state index contributed by atoms with van der Waals surface area (Å²) in [6, 6.07) is 11.1. The number of carbonyl (C=O) groups excluding carboxylic acids is 1. The van der Waals surface area contributed by atoms with Crippen molar-refractivity contribution in [3.05, 3.63) is 59.7 Å². The van der Waals surface area contributed by atoms with Gasteiger partial charge in [-0.3, -0.25) is 9.69 Å². The summed E-state index contributed by atoms with van der Waals surface area (Å²) < 4.78 is 63.6. The van der Waals surface area contributed by atoms with E-state index in [1.807, 2.05) is 0 Å². The van der Waals surface area contributed by atoms with Crippen molar-refractivity contribution in [3.63, 3.8) is 0 Å². The Labute approximate surface area is 157 Å². The standard InChI is InChI=1S/C18H17F5N2OS/c1-25(10-12-4-2-3-5-15(12)18(21,22)23)11-16(26)24-13-6-8-14(9-7-13)27-17(19)20/h2-9,17H,10-11H2,1H3,(H,24,26). The van der Waals surface area contributed by atoms with E-state index < -0.39 is 23.4 Å². The molecule has 2 aromatic carbocycles. The molecule has 0 aliphatic heterocycles. The quantitative estimate of drug-likeness (QED) is 0.515. The smallest absolute Gasteiger partial charge is 0.325 e. The lowest BCUT2D eigenvalue weighted by Gasteiger charge is -2.19. The van der Waals surface area contributed by atoms with Gasteiger partial charge in [-0.25, -0.2) is 0 Å². The summed E-state index contributed by atoms with van der Waals surface area (Å²) in [6.45, 7) is -0.174. The molecule has 0 unspecified atom stereocenters. The monoisotopic (exact) mass is 404 g/mol. The summed E-state index contributed by atoms with van der Waals surface area (Å²) in [5.74, 6) is -2.95. The molecular formula is C18H17F5N2OS. The van der Waals surface area contributed by atoms with Crippen LogP contribution in [0.1, 0.15) is 11.1 Å². The molecular weight excluding hydrogens is 387 g/mol. The van der Waals surface area contributed by atoms with Gasteiger partial charge in [-0.15, -0.1) is 0 Å². The van der Waals surface area contributed by atoms with Gasteiger partial charge in [0.05, 0.1) is 12.1 Å². The number of thioether (sulfide) groups is 1. The van der Waals surface area contributed by atoms with Gasteiger partial charge < -0.3 is 5.32 Å². The Morgan fingerprint density at radius 3 is 2.33 bits per heavy atom. The fraction of sp³-hybridized carbons (Fsp3) is 0.278. The van der Waals surface area contributed by atoms with Crippen LogP contribution in [0.2, 0.25) is 0 Å². The average molecular weight is 404 g/mol. The van der Waals surface area contributed by atoms with Gasteiger partial charge >= 0.3 is 6.18 Å². The molecule has 0 radical (unpaired) electrons. The van der Waals surface area contributed by atoms with E-state index in [-0.39, 0.29) is 18.7 Å². The van der Waals surface area contributed by atoms with Crippen LogP contribution in [0.25, 0.3) is 0 Å². The summed E-state index contributed by atoms with van der Waals surface area (Å²) in [5, 5.41) is 2.58. The lowest BCUT2D eigenvalue weighted by molar-refractivity contribution is -0.138. The van der Waals surface area contributed by atoms with Crippen molar-refractivity contribution in [3.8, 4) is 0 Å². The molecule has 1 N–H and O–H groups in total. The van der Waals surface area contributed by atoms with Crippen molar-refractivity contribution >= 4 is 23.4 Å². The minimum absolute atomic E-state index is 0.0485. The Morgan fingerprint density at radius 1 is 1.11 bits per heavy atom. The number of nitrogens with zero attached hydrogens (tertiary/aromatic N) is 1. The van der Waals surface area contributed by atoms with Gasteiger partial charge in [0.1, 0.15) is 0 Å². The van der Waals surface area contributed by atoms with Crippen LogP contribution >= 0.6 is 11.8 Å². The molecule has 0 aliphatic rings. The van der Waals surface area contributed by atoms with Crippen molar-refractivity contribution in [1.82, 2.24) is 4.90 Å². The zero-order valence-corrected chi connectivity index (χ0v) is 15.1. The van der Waals surface area contributed by atoms with E-state index in [0.29, 0.717) is 22.3 Å². The average Bonchev–Trinajstić information content (AvgIpc) is 2.55. The molecule has 0 spiro atoms. The van der Waals surface area contributed by atoms with Gasteiger partial charge in [-0.05, 0) is 42.9 Å². The van der Waals surface area contributed by atoms with E-state index in [1.165, 1.54) is 54.4 Å². The Bertz CT molecular complexity index is 765. The van der Waals surface area contributed by atoms with Crippen molar-refractivity contribution in [2.45, 2.75) is 23.4 Å². The second-order valence-corrected chi connectivity index (χ2v) is 6.84. The Balaban J connectivity index is 1.93. The molecule has 2 aromatic rings. The van der Waals surface area contributed by atoms with Crippen LogP contribution in [-0.2, 0) is 17.5 Å². The van der Waals surface area contributed by atoms with Crippen LogP contribution in [0.15, 0.2) is 53.4 Å².